The lowest BCUT2D eigenvalue weighted by molar-refractivity contribution is 0.550. The predicted octanol–water partition coefficient (Wildman–Crippen LogP) is 2.83. The number of aromatic nitrogens is 1. The summed E-state index contributed by atoms with van der Waals surface area (Å²) in [5.74, 6) is 2.09. The third-order valence-corrected chi connectivity index (χ3v) is 3.88. The predicted molar refractivity (Wildman–Crippen MR) is 60.4 cm³/mol. The molecule has 2 atom stereocenters. The summed E-state index contributed by atoms with van der Waals surface area (Å²) >= 11 is 3.41. The third-order valence-electron chi connectivity index (χ3n) is 3.42. The Morgan fingerprint density at radius 1 is 1.36 bits per heavy atom. The van der Waals surface area contributed by atoms with Gasteiger partial charge in [0.2, 0.25) is 0 Å². The number of nitrogens with zero attached hydrogens (tertiary/aromatic N) is 2. The molecule has 1 saturated heterocycles. The molecule has 0 radical (unpaired) electrons. The van der Waals surface area contributed by atoms with Crippen LogP contribution in [0.15, 0.2) is 22.8 Å². The second-order valence-electron chi connectivity index (χ2n) is 4.32. The Hall–Kier alpha value is -0.570. The molecule has 0 aromatic carbocycles. The molecule has 3 heteroatoms. The van der Waals surface area contributed by atoms with E-state index in [2.05, 4.69) is 37.9 Å². The van der Waals surface area contributed by atoms with Crippen molar-refractivity contribution in [3.63, 3.8) is 0 Å². The Kier molecular flexibility index (Phi) is 2.01. The summed E-state index contributed by atoms with van der Waals surface area (Å²) in [6, 6.07) is 4.97. The van der Waals surface area contributed by atoms with Crippen LogP contribution in [0, 0.1) is 5.92 Å². The molecular weight excluding hydrogens is 240 g/mol. The van der Waals surface area contributed by atoms with Gasteiger partial charge in [-0.25, -0.2) is 4.98 Å². The van der Waals surface area contributed by atoms with Crippen LogP contribution in [-0.4, -0.2) is 17.6 Å². The van der Waals surface area contributed by atoms with Gasteiger partial charge >= 0.3 is 0 Å². The Morgan fingerprint density at radius 3 is 2.86 bits per heavy atom. The highest BCUT2D eigenvalue weighted by Gasteiger charge is 2.38. The van der Waals surface area contributed by atoms with Crippen molar-refractivity contribution in [2.24, 2.45) is 5.92 Å². The molecule has 1 aromatic heterocycles. The number of halogens is 1. The molecular formula is C11H13BrN2. The lowest BCUT2D eigenvalue weighted by atomic mass is 10.1. The van der Waals surface area contributed by atoms with E-state index in [0.29, 0.717) is 0 Å². The van der Waals surface area contributed by atoms with Crippen LogP contribution in [0.5, 0.6) is 0 Å². The fraction of sp³-hybridized carbons (Fsp3) is 0.545. The van der Waals surface area contributed by atoms with Crippen LogP contribution in [0.3, 0.4) is 0 Å². The van der Waals surface area contributed by atoms with Gasteiger partial charge in [-0.15, -0.1) is 0 Å². The molecule has 1 aliphatic heterocycles. The van der Waals surface area contributed by atoms with Crippen LogP contribution in [-0.2, 0) is 0 Å². The van der Waals surface area contributed by atoms with Crippen molar-refractivity contribution in [1.29, 1.82) is 0 Å². The van der Waals surface area contributed by atoms with E-state index < -0.39 is 0 Å². The molecule has 0 spiro atoms. The Balaban J connectivity index is 1.86. The van der Waals surface area contributed by atoms with Gasteiger partial charge in [-0.3, -0.25) is 0 Å². The number of anilines is 1. The average Bonchev–Trinajstić information content (AvgIpc) is 2.80. The maximum atomic E-state index is 4.46. The van der Waals surface area contributed by atoms with Crippen molar-refractivity contribution in [3.8, 4) is 0 Å². The average molecular weight is 253 g/mol. The number of fused-ring (bicyclic) bond motifs is 2. The molecule has 74 valence electrons. The second-order valence-corrected chi connectivity index (χ2v) is 5.24. The van der Waals surface area contributed by atoms with Gasteiger partial charge < -0.3 is 4.90 Å². The lowest BCUT2D eigenvalue weighted by Gasteiger charge is -2.27. The zero-order chi connectivity index (χ0) is 9.54. The van der Waals surface area contributed by atoms with Crippen molar-refractivity contribution in [2.75, 3.05) is 11.4 Å². The van der Waals surface area contributed by atoms with Crippen LogP contribution in [0.2, 0.25) is 0 Å². The standard InChI is InChI=1S/C11H13BrN2/c12-9-2-4-11(13-6-9)14-7-8-1-3-10(14)5-8/h2,4,6,8,10H,1,3,5,7H2. The topological polar surface area (TPSA) is 16.1 Å². The van der Waals surface area contributed by atoms with E-state index >= 15 is 0 Å². The molecule has 1 aromatic rings. The molecule has 0 N–H and O–H groups in total. The van der Waals surface area contributed by atoms with Crippen LogP contribution in [0.25, 0.3) is 0 Å². The van der Waals surface area contributed by atoms with E-state index in [1.54, 1.807) is 0 Å². The summed E-state index contributed by atoms with van der Waals surface area (Å²) in [6.45, 7) is 1.22. The van der Waals surface area contributed by atoms with Gasteiger partial charge in [-0.2, -0.15) is 0 Å². The van der Waals surface area contributed by atoms with Crippen LogP contribution in [0.1, 0.15) is 19.3 Å². The molecule has 2 heterocycles. The highest BCUT2D eigenvalue weighted by Crippen LogP contribution is 2.39. The molecule has 3 rings (SSSR count). The number of piperidine rings is 1. The number of hydrogen-bond donors (Lipinski definition) is 0. The number of pyridine rings is 1. The Bertz CT molecular complexity index is 336. The summed E-state index contributed by atoms with van der Waals surface area (Å²) in [5.41, 5.74) is 0. The molecule has 0 amide bonds. The van der Waals surface area contributed by atoms with Gasteiger partial charge in [0.25, 0.3) is 0 Å². The Labute approximate surface area is 92.5 Å². The van der Waals surface area contributed by atoms with Crippen LogP contribution in [0.4, 0.5) is 5.82 Å². The Morgan fingerprint density at radius 2 is 2.29 bits per heavy atom. The summed E-state index contributed by atoms with van der Waals surface area (Å²) in [7, 11) is 0. The smallest absolute Gasteiger partial charge is 0.128 e. The van der Waals surface area contributed by atoms with Crippen molar-refractivity contribution in [2.45, 2.75) is 25.3 Å². The van der Waals surface area contributed by atoms with Gasteiger partial charge in [0, 0.05) is 23.3 Å². The van der Waals surface area contributed by atoms with Crippen molar-refractivity contribution < 1.29 is 0 Å². The number of hydrogen-bond acceptors (Lipinski definition) is 2. The summed E-state index contributed by atoms with van der Waals surface area (Å²) in [5, 5.41) is 0. The minimum absolute atomic E-state index is 0.772. The highest BCUT2D eigenvalue weighted by molar-refractivity contribution is 9.10. The summed E-state index contributed by atoms with van der Waals surface area (Å²) in [4.78, 5) is 6.93. The molecule has 2 fully saturated rings. The van der Waals surface area contributed by atoms with E-state index in [0.717, 1.165) is 22.3 Å². The van der Waals surface area contributed by atoms with E-state index in [9.17, 15) is 0 Å². The fourth-order valence-corrected chi connectivity index (χ4v) is 2.98. The van der Waals surface area contributed by atoms with E-state index in [-0.39, 0.29) is 0 Å². The molecule has 2 aliphatic rings. The molecule has 1 saturated carbocycles. The zero-order valence-corrected chi connectivity index (χ0v) is 9.57. The van der Waals surface area contributed by atoms with Crippen molar-refractivity contribution >= 4 is 21.7 Å². The molecule has 2 nitrogen and oxygen atoms in total. The van der Waals surface area contributed by atoms with Crippen LogP contribution >= 0.6 is 15.9 Å². The first kappa shape index (κ1) is 8.72. The van der Waals surface area contributed by atoms with E-state index in [1.165, 1.54) is 25.8 Å². The quantitative estimate of drug-likeness (QED) is 0.765. The summed E-state index contributed by atoms with van der Waals surface area (Å²) < 4.78 is 1.06. The monoisotopic (exact) mass is 252 g/mol. The molecule has 2 bridgehead atoms. The largest absolute Gasteiger partial charge is 0.353 e. The minimum Gasteiger partial charge on any atom is -0.353 e. The molecule has 2 unspecified atom stereocenters. The van der Waals surface area contributed by atoms with Crippen molar-refractivity contribution in [1.82, 2.24) is 4.98 Å². The normalized spacial score (nSPS) is 29.9. The lowest BCUT2D eigenvalue weighted by Crippen LogP contribution is -2.32. The first-order valence-electron chi connectivity index (χ1n) is 5.21. The van der Waals surface area contributed by atoms with Gasteiger partial charge in [0.05, 0.1) is 0 Å². The van der Waals surface area contributed by atoms with Crippen molar-refractivity contribution in [3.05, 3.63) is 22.8 Å². The van der Waals surface area contributed by atoms with Gasteiger partial charge in [-0.1, -0.05) is 0 Å². The summed E-state index contributed by atoms with van der Waals surface area (Å²) in [6.07, 6.45) is 6.07. The van der Waals surface area contributed by atoms with Gasteiger partial charge in [0.1, 0.15) is 5.82 Å². The first-order chi connectivity index (χ1) is 6.83. The zero-order valence-electron chi connectivity index (χ0n) is 7.99. The SMILES string of the molecule is Brc1ccc(N2CC3CCC2C3)nc1. The van der Waals surface area contributed by atoms with E-state index in [4.69, 9.17) is 0 Å². The van der Waals surface area contributed by atoms with E-state index in [1.807, 2.05) is 6.20 Å². The van der Waals surface area contributed by atoms with Gasteiger partial charge in [-0.05, 0) is 53.2 Å². The van der Waals surface area contributed by atoms with Gasteiger partial charge in [0.15, 0.2) is 0 Å². The molecule has 14 heavy (non-hydrogen) atoms. The third kappa shape index (κ3) is 1.34. The maximum Gasteiger partial charge on any atom is 0.128 e. The highest BCUT2D eigenvalue weighted by atomic mass is 79.9. The maximum absolute atomic E-state index is 4.46. The first-order valence-corrected chi connectivity index (χ1v) is 6.00. The molecule has 1 aliphatic carbocycles. The fourth-order valence-electron chi connectivity index (χ4n) is 2.74. The number of rotatable bonds is 1. The second kappa shape index (κ2) is 3.23. The minimum atomic E-state index is 0.772. The van der Waals surface area contributed by atoms with Crippen LogP contribution < -0.4 is 4.90 Å².